The van der Waals surface area contributed by atoms with Crippen LogP contribution in [0.15, 0.2) is 12.3 Å². The largest absolute Gasteiger partial charge is 0.396 e. The summed E-state index contributed by atoms with van der Waals surface area (Å²) in [5.74, 6) is 0.680. The van der Waals surface area contributed by atoms with Gasteiger partial charge in [0.05, 0.1) is 9.95 Å². The third-order valence-corrected chi connectivity index (χ3v) is 2.89. The fourth-order valence-corrected chi connectivity index (χ4v) is 1.74. The number of aliphatic hydroxyl groups excluding tert-OH is 1. The van der Waals surface area contributed by atoms with Gasteiger partial charge in [-0.1, -0.05) is 25.4 Å². The summed E-state index contributed by atoms with van der Waals surface area (Å²) in [4.78, 5) is 13.9. The molecule has 0 bridgehead atoms. The molecule has 1 rings (SSSR count). The minimum atomic E-state index is -0.545. The van der Waals surface area contributed by atoms with E-state index in [1.807, 2.05) is 13.8 Å². The maximum absolute atomic E-state index is 10.6. The van der Waals surface area contributed by atoms with Gasteiger partial charge < -0.3 is 10.4 Å². The van der Waals surface area contributed by atoms with Gasteiger partial charge >= 0.3 is 0 Å². The highest BCUT2D eigenvalue weighted by atomic mass is 35.5. The SMILES string of the molecule is CC(C)[C@@H](CCO)Nc1ncc([N+](=O)[O-])cc1Cl. The second-order valence-electron chi connectivity index (χ2n) is 4.29. The van der Waals surface area contributed by atoms with Gasteiger partial charge in [0.1, 0.15) is 12.0 Å². The minimum Gasteiger partial charge on any atom is -0.396 e. The summed E-state index contributed by atoms with van der Waals surface area (Å²) in [6, 6.07) is 1.27. The molecule has 0 fully saturated rings. The summed E-state index contributed by atoms with van der Waals surface area (Å²) in [7, 11) is 0. The Morgan fingerprint density at radius 1 is 1.61 bits per heavy atom. The lowest BCUT2D eigenvalue weighted by atomic mass is 10.0. The third kappa shape index (κ3) is 3.82. The molecule has 0 spiro atoms. The van der Waals surface area contributed by atoms with E-state index in [2.05, 4.69) is 10.3 Å². The normalized spacial score (nSPS) is 12.5. The Balaban J connectivity index is 2.86. The molecule has 18 heavy (non-hydrogen) atoms. The van der Waals surface area contributed by atoms with Crippen LogP contribution in [0.5, 0.6) is 0 Å². The van der Waals surface area contributed by atoms with Crippen LogP contribution in [0, 0.1) is 16.0 Å². The van der Waals surface area contributed by atoms with E-state index in [-0.39, 0.29) is 29.3 Å². The molecule has 0 saturated carbocycles. The van der Waals surface area contributed by atoms with Crippen molar-refractivity contribution in [3.05, 3.63) is 27.4 Å². The predicted octanol–water partition coefficient (Wildman–Crippen LogP) is 2.46. The van der Waals surface area contributed by atoms with Crippen LogP contribution in [0.25, 0.3) is 0 Å². The van der Waals surface area contributed by atoms with E-state index in [9.17, 15) is 10.1 Å². The number of nitro groups is 1. The number of halogens is 1. The highest BCUT2D eigenvalue weighted by Crippen LogP contribution is 2.25. The van der Waals surface area contributed by atoms with Crippen LogP contribution in [-0.2, 0) is 0 Å². The molecule has 0 aromatic carbocycles. The van der Waals surface area contributed by atoms with Gasteiger partial charge in [-0.2, -0.15) is 0 Å². The lowest BCUT2D eigenvalue weighted by Crippen LogP contribution is -2.27. The predicted molar refractivity (Wildman–Crippen MR) is 69.9 cm³/mol. The second-order valence-corrected chi connectivity index (χ2v) is 4.70. The van der Waals surface area contributed by atoms with Crippen LogP contribution in [0.3, 0.4) is 0 Å². The van der Waals surface area contributed by atoms with Crippen molar-refractivity contribution in [1.29, 1.82) is 0 Å². The number of nitrogens with one attached hydrogen (secondary N) is 1. The van der Waals surface area contributed by atoms with Crippen molar-refractivity contribution in [2.24, 2.45) is 5.92 Å². The quantitative estimate of drug-likeness (QED) is 0.614. The molecule has 1 atom stereocenters. The Hall–Kier alpha value is -1.40. The molecule has 0 aliphatic heterocycles. The molecule has 2 N–H and O–H groups in total. The number of nitrogens with zero attached hydrogens (tertiary/aromatic N) is 2. The van der Waals surface area contributed by atoms with Gasteiger partial charge in [-0.05, 0) is 12.3 Å². The Morgan fingerprint density at radius 2 is 2.28 bits per heavy atom. The molecule has 0 saturated heterocycles. The number of rotatable bonds is 6. The van der Waals surface area contributed by atoms with Crippen LogP contribution >= 0.6 is 11.6 Å². The fraction of sp³-hybridized carbons (Fsp3) is 0.545. The van der Waals surface area contributed by atoms with E-state index < -0.39 is 4.92 Å². The zero-order chi connectivity index (χ0) is 13.7. The number of pyridine rings is 1. The Labute approximate surface area is 110 Å². The minimum absolute atomic E-state index is 0.0152. The average Bonchev–Trinajstić information content (AvgIpc) is 2.30. The van der Waals surface area contributed by atoms with Crippen molar-refractivity contribution in [2.75, 3.05) is 11.9 Å². The topological polar surface area (TPSA) is 88.3 Å². The molecule has 6 nitrogen and oxygen atoms in total. The van der Waals surface area contributed by atoms with Gasteiger partial charge in [0.15, 0.2) is 0 Å². The van der Waals surface area contributed by atoms with E-state index in [1.54, 1.807) is 0 Å². The molecule has 0 aliphatic carbocycles. The average molecular weight is 274 g/mol. The van der Waals surface area contributed by atoms with Gasteiger partial charge in [0.2, 0.25) is 0 Å². The van der Waals surface area contributed by atoms with Gasteiger partial charge in [-0.15, -0.1) is 0 Å². The highest BCUT2D eigenvalue weighted by molar-refractivity contribution is 6.33. The first kappa shape index (κ1) is 14.7. The highest BCUT2D eigenvalue weighted by Gasteiger charge is 2.16. The van der Waals surface area contributed by atoms with Crippen LogP contribution in [-0.4, -0.2) is 27.7 Å². The Kier molecular flexibility index (Phi) is 5.30. The van der Waals surface area contributed by atoms with Crippen molar-refractivity contribution in [3.63, 3.8) is 0 Å². The number of aliphatic hydroxyl groups is 1. The number of anilines is 1. The standard InChI is InChI=1S/C11H16ClN3O3/c1-7(2)10(3-4-16)14-11-9(12)5-8(6-13-11)15(17)18/h5-7,10,16H,3-4H2,1-2H3,(H,13,14)/t10-/m1/s1. The lowest BCUT2D eigenvalue weighted by Gasteiger charge is -2.22. The monoisotopic (exact) mass is 273 g/mol. The van der Waals surface area contributed by atoms with E-state index in [1.165, 1.54) is 6.07 Å². The molecular weight excluding hydrogens is 258 g/mol. The van der Waals surface area contributed by atoms with Crippen LogP contribution in [0.1, 0.15) is 20.3 Å². The zero-order valence-corrected chi connectivity index (χ0v) is 11.0. The summed E-state index contributed by atoms with van der Waals surface area (Å²) in [6.45, 7) is 4.07. The number of aromatic nitrogens is 1. The van der Waals surface area contributed by atoms with Crippen molar-refractivity contribution in [1.82, 2.24) is 4.98 Å². The lowest BCUT2D eigenvalue weighted by molar-refractivity contribution is -0.385. The first-order valence-corrected chi connectivity index (χ1v) is 6.00. The molecule has 7 heteroatoms. The van der Waals surface area contributed by atoms with Crippen molar-refractivity contribution in [2.45, 2.75) is 26.3 Å². The third-order valence-electron chi connectivity index (χ3n) is 2.60. The molecule has 0 unspecified atom stereocenters. The summed E-state index contributed by atoms with van der Waals surface area (Å²) in [6.07, 6.45) is 1.72. The summed E-state index contributed by atoms with van der Waals surface area (Å²) in [5.41, 5.74) is -0.145. The molecule has 0 radical (unpaired) electrons. The number of hydrogen-bond donors (Lipinski definition) is 2. The molecule has 1 aromatic heterocycles. The van der Waals surface area contributed by atoms with Crippen LogP contribution < -0.4 is 5.32 Å². The summed E-state index contributed by atoms with van der Waals surface area (Å²) >= 11 is 5.93. The van der Waals surface area contributed by atoms with E-state index in [4.69, 9.17) is 16.7 Å². The summed E-state index contributed by atoms with van der Waals surface area (Å²) < 4.78 is 0. The first-order valence-electron chi connectivity index (χ1n) is 5.63. The second kappa shape index (κ2) is 6.51. The van der Waals surface area contributed by atoms with Crippen molar-refractivity contribution in [3.8, 4) is 0 Å². The molecule has 0 aliphatic rings. The number of hydrogen-bond acceptors (Lipinski definition) is 5. The van der Waals surface area contributed by atoms with Crippen molar-refractivity contribution < 1.29 is 10.0 Å². The van der Waals surface area contributed by atoms with Gasteiger partial charge in [0, 0.05) is 18.7 Å². The van der Waals surface area contributed by atoms with Gasteiger partial charge in [-0.25, -0.2) is 4.98 Å². The van der Waals surface area contributed by atoms with Crippen molar-refractivity contribution >= 4 is 23.1 Å². The summed E-state index contributed by atoms with van der Waals surface area (Å²) in [5, 5.41) is 22.8. The van der Waals surface area contributed by atoms with Crippen LogP contribution in [0.2, 0.25) is 5.02 Å². The maximum Gasteiger partial charge on any atom is 0.289 e. The van der Waals surface area contributed by atoms with Gasteiger partial charge in [-0.3, -0.25) is 10.1 Å². The Morgan fingerprint density at radius 3 is 2.72 bits per heavy atom. The van der Waals surface area contributed by atoms with E-state index in [0.717, 1.165) is 6.20 Å². The zero-order valence-electron chi connectivity index (χ0n) is 10.3. The molecule has 100 valence electrons. The maximum atomic E-state index is 10.6. The smallest absolute Gasteiger partial charge is 0.289 e. The van der Waals surface area contributed by atoms with Crippen LogP contribution in [0.4, 0.5) is 11.5 Å². The fourth-order valence-electron chi connectivity index (χ4n) is 1.52. The first-order chi connectivity index (χ1) is 8.45. The van der Waals surface area contributed by atoms with E-state index >= 15 is 0 Å². The molecule has 1 aromatic rings. The molecule has 0 amide bonds. The van der Waals surface area contributed by atoms with Gasteiger partial charge in [0.25, 0.3) is 5.69 Å². The molecule has 1 heterocycles. The Bertz CT molecular complexity index is 426. The molecular formula is C11H16ClN3O3. The van der Waals surface area contributed by atoms with E-state index in [0.29, 0.717) is 12.2 Å².